The summed E-state index contributed by atoms with van der Waals surface area (Å²) in [6.07, 6.45) is 0. The van der Waals surface area contributed by atoms with Crippen molar-refractivity contribution in [2.75, 3.05) is 0 Å². The monoisotopic (exact) mass is 348 g/mol. The number of hydrogen-bond donors (Lipinski definition) is 0. The molecule has 0 unspecified atom stereocenters. The lowest BCUT2D eigenvalue weighted by molar-refractivity contribution is 0.395. The molecule has 0 aliphatic carbocycles. The number of fused-ring (bicyclic) bond motifs is 1. The van der Waals surface area contributed by atoms with Gasteiger partial charge in [-0.05, 0) is 38.1 Å². The minimum atomic E-state index is 0.364. The topological polar surface area (TPSA) is 44.2 Å². The molecule has 0 bridgehead atoms. The zero-order valence-corrected chi connectivity index (χ0v) is 14.7. The summed E-state index contributed by atoms with van der Waals surface area (Å²) < 4.78 is 11.9. The largest absolute Gasteiger partial charge is 0.435 e. The van der Waals surface area contributed by atoms with Crippen molar-refractivity contribution in [2.45, 2.75) is 13.8 Å². The van der Waals surface area contributed by atoms with Crippen LogP contribution in [0.15, 0.2) is 60.7 Å². The number of aryl methyl sites for hydroxylation is 2. The molecular formula is C20H16N2O2S. The molecule has 0 fully saturated rings. The summed E-state index contributed by atoms with van der Waals surface area (Å²) in [5, 5.41) is 0. The van der Waals surface area contributed by atoms with Crippen molar-refractivity contribution in [1.29, 1.82) is 0 Å². The normalized spacial score (nSPS) is 10.8. The summed E-state index contributed by atoms with van der Waals surface area (Å²) in [4.78, 5) is 11.6. The van der Waals surface area contributed by atoms with Crippen LogP contribution in [0, 0.1) is 13.8 Å². The molecule has 2 aromatic heterocycles. The molecule has 0 spiro atoms. The Morgan fingerprint density at radius 1 is 0.640 bits per heavy atom. The molecule has 4 rings (SSSR count). The highest BCUT2D eigenvalue weighted by Crippen LogP contribution is 2.37. The second-order valence-electron chi connectivity index (χ2n) is 5.58. The Kier molecular flexibility index (Phi) is 4.07. The number of hydrogen-bond acceptors (Lipinski definition) is 5. The van der Waals surface area contributed by atoms with Crippen LogP contribution in [0.25, 0.3) is 11.0 Å². The van der Waals surface area contributed by atoms with E-state index in [2.05, 4.69) is 9.97 Å². The third-order valence-electron chi connectivity index (χ3n) is 3.72. The summed E-state index contributed by atoms with van der Waals surface area (Å²) in [6, 6.07) is 19.1. The van der Waals surface area contributed by atoms with Gasteiger partial charge in [0.15, 0.2) is 0 Å². The number of aromatic nitrogens is 2. The van der Waals surface area contributed by atoms with Gasteiger partial charge >= 0.3 is 0 Å². The second-order valence-corrected chi connectivity index (χ2v) is 7.00. The van der Waals surface area contributed by atoms with Gasteiger partial charge in [0.25, 0.3) is 11.8 Å². The number of para-hydroxylation sites is 2. The van der Waals surface area contributed by atoms with E-state index in [4.69, 9.17) is 9.47 Å². The Morgan fingerprint density at radius 2 is 1.04 bits per heavy atom. The van der Waals surface area contributed by atoms with E-state index in [0.29, 0.717) is 23.3 Å². The Morgan fingerprint density at radius 3 is 1.44 bits per heavy atom. The van der Waals surface area contributed by atoms with Crippen molar-refractivity contribution in [3.05, 3.63) is 70.4 Å². The highest BCUT2D eigenvalue weighted by atomic mass is 32.1. The predicted molar refractivity (Wildman–Crippen MR) is 99.9 cm³/mol. The minimum absolute atomic E-state index is 0.364. The number of thiophene rings is 1. The Balaban J connectivity index is 1.82. The Hall–Kier alpha value is -2.92. The zero-order valence-electron chi connectivity index (χ0n) is 13.9. The number of rotatable bonds is 4. The standard InChI is InChI=1S/C20H16N2O2S/c1-13-17-18(14(2)25-13)22-20(24-16-11-7-4-8-12-16)19(21-17)23-15-9-5-3-6-10-15/h3-12H,1-2H3. The van der Waals surface area contributed by atoms with Gasteiger partial charge in [0.05, 0.1) is 0 Å². The van der Waals surface area contributed by atoms with Crippen molar-refractivity contribution in [3.8, 4) is 23.3 Å². The lowest BCUT2D eigenvalue weighted by Crippen LogP contribution is -1.97. The first kappa shape index (κ1) is 15.6. The van der Waals surface area contributed by atoms with Gasteiger partial charge in [-0.1, -0.05) is 36.4 Å². The molecule has 4 aromatic rings. The SMILES string of the molecule is Cc1sc(C)c2nc(Oc3ccccc3)c(Oc3ccccc3)nc12. The highest BCUT2D eigenvalue weighted by Gasteiger charge is 2.18. The Bertz CT molecular complexity index is 933. The van der Waals surface area contributed by atoms with Crippen molar-refractivity contribution in [1.82, 2.24) is 9.97 Å². The van der Waals surface area contributed by atoms with Crippen LogP contribution < -0.4 is 9.47 Å². The molecule has 0 amide bonds. The lowest BCUT2D eigenvalue weighted by atomic mass is 10.3. The van der Waals surface area contributed by atoms with E-state index < -0.39 is 0 Å². The average molecular weight is 348 g/mol. The lowest BCUT2D eigenvalue weighted by Gasteiger charge is -2.11. The molecule has 2 aromatic carbocycles. The molecule has 2 heterocycles. The van der Waals surface area contributed by atoms with E-state index in [1.165, 1.54) is 0 Å². The van der Waals surface area contributed by atoms with Gasteiger partial charge in [0.1, 0.15) is 22.5 Å². The summed E-state index contributed by atoms with van der Waals surface area (Å²) in [5.74, 6) is 2.12. The van der Waals surface area contributed by atoms with E-state index in [1.807, 2.05) is 74.5 Å². The van der Waals surface area contributed by atoms with Crippen LogP contribution >= 0.6 is 11.3 Å². The van der Waals surface area contributed by atoms with Gasteiger partial charge in [-0.25, -0.2) is 9.97 Å². The molecule has 25 heavy (non-hydrogen) atoms. The molecule has 0 aliphatic heterocycles. The van der Waals surface area contributed by atoms with Crippen molar-refractivity contribution in [2.24, 2.45) is 0 Å². The smallest absolute Gasteiger partial charge is 0.284 e. The molecular weight excluding hydrogens is 332 g/mol. The van der Waals surface area contributed by atoms with Crippen LogP contribution in [0.4, 0.5) is 0 Å². The quantitative estimate of drug-likeness (QED) is 0.461. The van der Waals surface area contributed by atoms with Gasteiger partial charge in [-0.2, -0.15) is 0 Å². The van der Waals surface area contributed by atoms with E-state index >= 15 is 0 Å². The first-order chi connectivity index (χ1) is 12.2. The summed E-state index contributed by atoms with van der Waals surface area (Å²) >= 11 is 1.68. The minimum Gasteiger partial charge on any atom is -0.435 e. The molecule has 0 saturated heterocycles. The van der Waals surface area contributed by atoms with Gasteiger partial charge in [-0.15, -0.1) is 11.3 Å². The molecule has 0 saturated carbocycles. The first-order valence-electron chi connectivity index (χ1n) is 7.94. The molecule has 0 atom stereocenters. The molecule has 0 radical (unpaired) electrons. The van der Waals surface area contributed by atoms with Gasteiger partial charge < -0.3 is 9.47 Å². The Labute approximate surface area is 149 Å². The molecule has 0 aliphatic rings. The van der Waals surface area contributed by atoms with E-state index in [9.17, 15) is 0 Å². The third-order valence-corrected chi connectivity index (χ3v) is 4.72. The van der Waals surface area contributed by atoms with Crippen molar-refractivity contribution >= 4 is 22.4 Å². The number of benzene rings is 2. The molecule has 124 valence electrons. The summed E-state index contributed by atoms with van der Waals surface area (Å²) in [6.45, 7) is 4.08. The fraction of sp³-hybridized carbons (Fsp3) is 0.100. The van der Waals surface area contributed by atoms with Crippen LogP contribution in [0.1, 0.15) is 9.75 Å². The van der Waals surface area contributed by atoms with Crippen molar-refractivity contribution < 1.29 is 9.47 Å². The summed E-state index contributed by atoms with van der Waals surface area (Å²) in [5.41, 5.74) is 1.71. The first-order valence-corrected chi connectivity index (χ1v) is 8.76. The van der Waals surface area contributed by atoms with Gasteiger partial charge in [-0.3, -0.25) is 0 Å². The van der Waals surface area contributed by atoms with Crippen LogP contribution in [0.3, 0.4) is 0 Å². The maximum atomic E-state index is 5.96. The molecule has 0 N–H and O–H groups in total. The summed E-state index contributed by atoms with van der Waals surface area (Å²) in [7, 11) is 0. The average Bonchev–Trinajstić information content (AvgIpc) is 2.90. The maximum absolute atomic E-state index is 5.96. The van der Waals surface area contributed by atoms with E-state index in [0.717, 1.165) is 20.8 Å². The van der Waals surface area contributed by atoms with Crippen LogP contribution in [0.2, 0.25) is 0 Å². The highest BCUT2D eigenvalue weighted by molar-refractivity contribution is 7.13. The second kappa shape index (κ2) is 6.53. The van der Waals surface area contributed by atoms with Crippen LogP contribution in [-0.2, 0) is 0 Å². The molecule has 5 heteroatoms. The zero-order chi connectivity index (χ0) is 17.2. The maximum Gasteiger partial charge on any atom is 0.284 e. The van der Waals surface area contributed by atoms with Crippen molar-refractivity contribution in [3.63, 3.8) is 0 Å². The van der Waals surface area contributed by atoms with Crippen LogP contribution in [0.5, 0.6) is 23.3 Å². The predicted octanol–water partition coefficient (Wildman–Crippen LogP) is 5.89. The fourth-order valence-corrected chi connectivity index (χ4v) is 3.49. The third kappa shape index (κ3) is 3.19. The van der Waals surface area contributed by atoms with Gasteiger partial charge in [0, 0.05) is 9.75 Å². The van der Waals surface area contributed by atoms with E-state index in [1.54, 1.807) is 11.3 Å². The molecule has 4 nitrogen and oxygen atoms in total. The fourth-order valence-electron chi connectivity index (χ4n) is 2.56. The number of ether oxygens (including phenoxy) is 2. The van der Waals surface area contributed by atoms with E-state index in [-0.39, 0.29) is 0 Å². The van der Waals surface area contributed by atoms with Gasteiger partial charge in [0.2, 0.25) is 0 Å². The van der Waals surface area contributed by atoms with Crippen LogP contribution in [-0.4, -0.2) is 9.97 Å². The number of nitrogens with zero attached hydrogens (tertiary/aromatic N) is 2.